The van der Waals surface area contributed by atoms with E-state index in [9.17, 15) is 0 Å². The molecule has 0 N–H and O–H groups in total. The van der Waals surface area contributed by atoms with Gasteiger partial charge in [-0.2, -0.15) is 0 Å². The molecule has 0 unspecified atom stereocenters. The van der Waals surface area contributed by atoms with E-state index in [1.807, 2.05) is 0 Å². The molecule has 1 heterocycles. The molecule has 0 spiro atoms. The summed E-state index contributed by atoms with van der Waals surface area (Å²) in [6, 6.07) is 0. The van der Waals surface area contributed by atoms with Crippen LogP contribution in [0.5, 0.6) is 0 Å². The Hall–Kier alpha value is -0.720. The van der Waals surface area contributed by atoms with Crippen LogP contribution in [0.4, 0.5) is 0 Å². The van der Waals surface area contributed by atoms with Crippen molar-refractivity contribution < 1.29 is 0 Å². The quantitative estimate of drug-likeness (QED) is 0.643. The minimum atomic E-state index is 0.774. The lowest BCUT2D eigenvalue weighted by atomic mass is 10.00. The molecule has 0 saturated carbocycles. The van der Waals surface area contributed by atoms with Gasteiger partial charge < -0.3 is 4.90 Å². The topological polar surface area (TPSA) is 3.24 Å². The summed E-state index contributed by atoms with van der Waals surface area (Å²) >= 11 is 0. The Labute approximate surface area is 82.1 Å². The van der Waals surface area contributed by atoms with Crippen LogP contribution in [0.15, 0.2) is 23.4 Å². The second-order valence-corrected chi connectivity index (χ2v) is 4.29. The van der Waals surface area contributed by atoms with Gasteiger partial charge in [0.05, 0.1) is 0 Å². The Morgan fingerprint density at radius 2 is 2.08 bits per heavy atom. The molecule has 0 fully saturated rings. The van der Waals surface area contributed by atoms with Crippen LogP contribution in [-0.2, 0) is 0 Å². The van der Waals surface area contributed by atoms with E-state index in [1.54, 1.807) is 5.57 Å². The SMILES string of the molecule is CCC1=CC=C(CC(C)C)CN1C. The first-order chi connectivity index (χ1) is 6.13. The zero-order valence-electron chi connectivity index (χ0n) is 9.30. The third-order valence-electron chi connectivity index (χ3n) is 2.47. The number of rotatable bonds is 3. The van der Waals surface area contributed by atoms with E-state index in [0.29, 0.717) is 0 Å². The Bertz CT molecular complexity index is 223. The van der Waals surface area contributed by atoms with Crippen molar-refractivity contribution in [3.05, 3.63) is 23.4 Å². The van der Waals surface area contributed by atoms with Crippen molar-refractivity contribution >= 4 is 0 Å². The maximum Gasteiger partial charge on any atom is 0.0385 e. The summed E-state index contributed by atoms with van der Waals surface area (Å²) in [5.41, 5.74) is 3.02. The van der Waals surface area contributed by atoms with Gasteiger partial charge in [-0.1, -0.05) is 32.4 Å². The van der Waals surface area contributed by atoms with Gasteiger partial charge in [0, 0.05) is 19.3 Å². The fourth-order valence-electron chi connectivity index (χ4n) is 1.84. The lowest BCUT2D eigenvalue weighted by Crippen LogP contribution is -2.23. The Balaban J connectivity index is 2.61. The van der Waals surface area contributed by atoms with Crippen molar-refractivity contribution in [1.29, 1.82) is 0 Å². The summed E-state index contributed by atoms with van der Waals surface area (Å²) in [5.74, 6) is 0.774. The zero-order valence-corrected chi connectivity index (χ0v) is 9.30. The van der Waals surface area contributed by atoms with E-state index >= 15 is 0 Å². The van der Waals surface area contributed by atoms with E-state index in [4.69, 9.17) is 0 Å². The van der Waals surface area contributed by atoms with E-state index < -0.39 is 0 Å². The van der Waals surface area contributed by atoms with E-state index in [2.05, 4.69) is 44.9 Å². The molecule has 1 nitrogen and oxygen atoms in total. The Morgan fingerprint density at radius 3 is 2.54 bits per heavy atom. The molecule has 0 bridgehead atoms. The summed E-state index contributed by atoms with van der Waals surface area (Å²) < 4.78 is 0. The Morgan fingerprint density at radius 1 is 1.38 bits per heavy atom. The van der Waals surface area contributed by atoms with Crippen molar-refractivity contribution in [3.8, 4) is 0 Å². The smallest absolute Gasteiger partial charge is 0.0385 e. The summed E-state index contributed by atoms with van der Waals surface area (Å²) in [5, 5.41) is 0. The third kappa shape index (κ3) is 2.91. The van der Waals surface area contributed by atoms with Crippen LogP contribution in [-0.4, -0.2) is 18.5 Å². The van der Waals surface area contributed by atoms with Crippen molar-refractivity contribution in [3.63, 3.8) is 0 Å². The van der Waals surface area contributed by atoms with Crippen LogP contribution in [0.1, 0.15) is 33.6 Å². The molecule has 0 radical (unpaired) electrons. The normalized spacial score (nSPS) is 17.5. The molecule has 13 heavy (non-hydrogen) atoms. The minimum Gasteiger partial charge on any atom is -0.374 e. The van der Waals surface area contributed by atoms with E-state index in [-0.39, 0.29) is 0 Å². The number of nitrogens with zero attached hydrogens (tertiary/aromatic N) is 1. The fourth-order valence-corrected chi connectivity index (χ4v) is 1.84. The summed E-state index contributed by atoms with van der Waals surface area (Å²) in [7, 11) is 2.18. The molecule has 1 aliphatic heterocycles. The molecule has 0 aromatic rings. The number of likely N-dealkylation sites (N-methyl/N-ethyl adjacent to an activating group) is 1. The highest BCUT2D eigenvalue weighted by atomic mass is 15.1. The molecule has 0 atom stereocenters. The predicted octanol–water partition coefficient (Wildman–Crippen LogP) is 3.20. The number of hydrogen-bond acceptors (Lipinski definition) is 1. The highest BCUT2D eigenvalue weighted by Crippen LogP contribution is 2.20. The van der Waals surface area contributed by atoms with Crippen LogP contribution >= 0.6 is 0 Å². The molecular formula is C12H21N. The van der Waals surface area contributed by atoms with Crippen molar-refractivity contribution in [1.82, 2.24) is 4.90 Å². The van der Waals surface area contributed by atoms with Gasteiger partial charge in [-0.05, 0) is 24.8 Å². The van der Waals surface area contributed by atoms with E-state index in [1.165, 1.54) is 12.1 Å². The van der Waals surface area contributed by atoms with Crippen LogP contribution in [0, 0.1) is 5.92 Å². The van der Waals surface area contributed by atoms with Crippen molar-refractivity contribution in [2.45, 2.75) is 33.6 Å². The highest BCUT2D eigenvalue weighted by Gasteiger charge is 2.10. The molecule has 1 heteroatoms. The molecule has 1 aliphatic rings. The first kappa shape index (κ1) is 10.4. The molecule has 0 aliphatic carbocycles. The van der Waals surface area contributed by atoms with Gasteiger partial charge in [0.15, 0.2) is 0 Å². The molecule has 1 rings (SSSR count). The summed E-state index contributed by atoms with van der Waals surface area (Å²) in [6.45, 7) is 7.89. The van der Waals surface area contributed by atoms with Gasteiger partial charge in [-0.3, -0.25) is 0 Å². The number of allylic oxidation sites excluding steroid dienone is 3. The van der Waals surface area contributed by atoms with Crippen molar-refractivity contribution in [2.24, 2.45) is 5.92 Å². The Kier molecular flexibility index (Phi) is 3.58. The van der Waals surface area contributed by atoms with Gasteiger partial charge in [0.2, 0.25) is 0 Å². The first-order valence-electron chi connectivity index (χ1n) is 5.23. The molecule has 0 saturated heterocycles. The van der Waals surface area contributed by atoms with Crippen LogP contribution in [0.2, 0.25) is 0 Å². The maximum atomic E-state index is 2.36. The minimum absolute atomic E-state index is 0.774. The second kappa shape index (κ2) is 4.50. The number of hydrogen-bond donors (Lipinski definition) is 0. The maximum absolute atomic E-state index is 2.36. The van der Waals surface area contributed by atoms with Gasteiger partial charge in [-0.25, -0.2) is 0 Å². The van der Waals surface area contributed by atoms with Gasteiger partial charge in [0.1, 0.15) is 0 Å². The zero-order chi connectivity index (χ0) is 9.84. The molecule has 0 aromatic heterocycles. The van der Waals surface area contributed by atoms with Gasteiger partial charge >= 0.3 is 0 Å². The first-order valence-corrected chi connectivity index (χ1v) is 5.23. The molecular weight excluding hydrogens is 158 g/mol. The average molecular weight is 179 g/mol. The highest BCUT2D eigenvalue weighted by molar-refractivity contribution is 5.24. The summed E-state index contributed by atoms with van der Waals surface area (Å²) in [6.07, 6.45) is 6.94. The van der Waals surface area contributed by atoms with Crippen molar-refractivity contribution in [2.75, 3.05) is 13.6 Å². The van der Waals surface area contributed by atoms with Crippen LogP contribution < -0.4 is 0 Å². The fraction of sp³-hybridized carbons (Fsp3) is 0.667. The summed E-state index contributed by atoms with van der Waals surface area (Å²) in [4.78, 5) is 2.36. The van der Waals surface area contributed by atoms with Crippen LogP contribution in [0.3, 0.4) is 0 Å². The predicted molar refractivity (Wildman–Crippen MR) is 58.5 cm³/mol. The molecule has 0 aromatic carbocycles. The van der Waals surface area contributed by atoms with Crippen LogP contribution in [0.25, 0.3) is 0 Å². The monoisotopic (exact) mass is 179 g/mol. The van der Waals surface area contributed by atoms with Gasteiger partial charge in [-0.15, -0.1) is 0 Å². The largest absolute Gasteiger partial charge is 0.374 e. The lowest BCUT2D eigenvalue weighted by molar-refractivity contribution is 0.419. The standard InChI is InChI=1S/C12H21N/c1-5-12-7-6-11(8-10(2)3)9-13(12)4/h6-7,10H,5,8-9H2,1-4H3. The van der Waals surface area contributed by atoms with E-state index in [0.717, 1.165) is 18.9 Å². The average Bonchev–Trinajstić information content (AvgIpc) is 2.03. The lowest BCUT2D eigenvalue weighted by Gasteiger charge is -2.27. The second-order valence-electron chi connectivity index (χ2n) is 4.29. The third-order valence-corrected chi connectivity index (χ3v) is 2.47. The molecule has 0 amide bonds. The molecule has 74 valence electrons. The van der Waals surface area contributed by atoms with Gasteiger partial charge in [0.25, 0.3) is 0 Å².